The van der Waals surface area contributed by atoms with Crippen molar-refractivity contribution in [1.29, 1.82) is 0 Å². The Morgan fingerprint density at radius 3 is 2.71 bits per heavy atom. The molecule has 1 atom stereocenters. The Kier molecular flexibility index (Phi) is 4.18. The van der Waals surface area contributed by atoms with Crippen LogP contribution in [0.15, 0.2) is 54.2 Å². The van der Waals surface area contributed by atoms with Gasteiger partial charge >= 0.3 is 0 Å². The molecule has 4 heteroatoms. The third kappa shape index (κ3) is 3.06. The summed E-state index contributed by atoms with van der Waals surface area (Å²) in [5, 5.41) is 5.49. The minimum absolute atomic E-state index is 0.276. The topological polar surface area (TPSA) is 29.9 Å². The molecule has 3 nitrogen and oxygen atoms in total. The third-order valence-corrected chi connectivity index (χ3v) is 4.53. The minimum Gasteiger partial charge on any atom is -0.328 e. The lowest BCUT2D eigenvalue weighted by Gasteiger charge is -2.18. The van der Waals surface area contributed by atoms with E-state index in [1.165, 1.54) is 16.0 Å². The van der Waals surface area contributed by atoms with E-state index in [0.29, 0.717) is 0 Å². The molecule has 21 heavy (non-hydrogen) atoms. The number of nitrogens with zero attached hydrogens (tertiary/aromatic N) is 2. The van der Waals surface area contributed by atoms with Crippen molar-refractivity contribution in [3.05, 3.63) is 65.3 Å². The Balaban J connectivity index is 1.85. The normalized spacial score (nSPS) is 12.5. The predicted molar refractivity (Wildman–Crippen MR) is 88.5 cm³/mol. The van der Waals surface area contributed by atoms with Crippen molar-refractivity contribution in [2.75, 3.05) is 7.05 Å². The average Bonchev–Trinajstić information content (AvgIpc) is 3.16. The molecular weight excluding hydrogens is 278 g/mol. The molecular formula is C17H19N3S. The van der Waals surface area contributed by atoms with E-state index in [2.05, 4.69) is 63.6 Å². The molecule has 2 aromatic heterocycles. The summed E-state index contributed by atoms with van der Waals surface area (Å²) in [5.74, 6) is 1.04. The van der Waals surface area contributed by atoms with Crippen LogP contribution in [0.3, 0.4) is 0 Å². The van der Waals surface area contributed by atoms with Crippen LogP contribution in [-0.4, -0.2) is 16.6 Å². The lowest BCUT2D eigenvalue weighted by Crippen LogP contribution is -2.22. The van der Waals surface area contributed by atoms with Crippen LogP contribution < -0.4 is 5.32 Å². The highest BCUT2D eigenvalue weighted by atomic mass is 32.1. The van der Waals surface area contributed by atoms with Crippen molar-refractivity contribution >= 4 is 11.3 Å². The van der Waals surface area contributed by atoms with Gasteiger partial charge in [0.1, 0.15) is 5.82 Å². The van der Waals surface area contributed by atoms with Crippen LogP contribution in [0.25, 0.3) is 10.7 Å². The standard InChI is InChI=1S/C17H19N3S/c1-13-5-7-14(8-6-13)15(18-2)12-20-10-9-19-17(20)16-4-3-11-21-16/h3-11,15,18H,12H2,1-2H3. The van der Waals surface area contributed by atoms with E-state index in [9.17, 15) is 0 Å². The summed E-state index contributed by atoms with van der Waals surface area (Å²) in [6.45, 7) is 2.98. The molecule has 1 unspecified atom stereocenters. The van der Waals surface area contributed by atoms with E-state index in [1.807, 2.05) is 19.4 Å². The quantitative estimate of drug-likeness (QED) is 0.774. The molecule has 0 aliphatic heterocycles. The number of thiophene rings is 1. The van der Waals surface area contributed by atoms with Crippen LogP contribution >= 0.6 is 11.3 Å². The lowest BCUT2D eigenvalue weighted by molar-refractivity contribution is 0.503. The smallest absolute Gasteiger partial charge is 0.150 e. The molecule has 1 aromatic carbocycles. The first-order valence-corrected chi connectivity index (χ1v) is 7.94. The predicted octanol–water partition coefficient (Wildman–Crippen LogP) is 3.88. The van der Waals surface area contributed by atoms with E-state index in [0.717, 1.165) is 12.4 Å². The zero-order valence-electron chi connectivity index (χ0n) is 12.3. The summed E-state index contributed by atoms with van der Waals surface area (Å²) in [6.07, 6.45) is 3.92. The molecule has 1 N–H and O–H groups in total. The van der Waals surface area contributed by atoms with E-state index in [-0.39, 0.29) is 6.04 Å². The first kappa shape index (κ1) is 14.0. The van der Waals surface area contributed by atoms with Crippen LogP contribution in [0, 0.1) is 6.92 Å². The highest BCUT2D eigenvalue weighted by Crippen LogP contribution is 2.25. The number of aromatic nitrogens is 2. The van der Waals surface area contributed by atoms with Crippen molar-refractivity contribution in [1.82, 2.24) is 14.9 Å². The van der Waals surface area contributed by atoms with Crippen molar-refractivity contribution < 1.29 is 0 Å². The Morgan fingerprint density at radius 1 is 1.24 bits per heavy atom. The molecule has 3 rings (SSSR count). The SMILES string of the molecule is CNC(Cn1ccnc1-c1cccs1)c1ccc(C)cc1. The van der Waals surface area contributed by atoms with Crippen LogP contribution in [0.1, 0.15) is 17.2 Å². The number of likely N-dealkylation sites (N-methyl/N-ethyl adjacent to an activating group) is 1. The molecule has 3 aromatic rings. The van der Waals surface area contributed by atoms with Gasteiger partial charge in [-0.25, -0.2) is 4.98 Å². The molecule has 0 aliphatic carbocycles. The fourth-order valence-corrected chi connectivity index (χ4v) is 3.18. The summed E-state index contributed by atoms with van der Waals surface area (Å²) >= 11 is 1.72. The van der Waals surface area contributed by atoms with Gasteiger partial charge in [0.25, 0.3) is 0 Å². The second-order valence-electron chi connectivity index (χ2n) is 5.13. The molecule has 2 heterocycles. The van der Waals surface area contributed by atoms with Gasteiger partial charge in [0, 0.05) is 25.0 Å². The Hall–Kier alpha value is -1.91. The average molecular weight is 297 g/mol. The maximum Gasteiger partial charge on any atom is 0.150 e. The van der Waals surface area contributed by atoms with Gasteiger partial charge in [0.2, 0.25) is 0 Å². The summed E-state index contributed by atoms with van der Waals surface area (Å²) in [5.41, 5.74) is 2.59. The van der Waals surface area contributed by atoms with Gasteiger partial charge in [-0.3, -0.25) is 0 Å². The van der Waals surface area contributed by atoms with Gasteiger partial charge in [-0.1, -0.05) is 35.9 Å². The fraction of sp³-hybridized carbons (Fsp3) is 0.235. The Bertz CT molecular complexity index is 683. The Morgan fingerprint density at radius 2 is 2.05 bits per heavy atom. The monoisotopic (exact) mass is 297 g/mol. The van der Waals surface area contributed by atoms with Crippen molar-refractivity contribution in [2.45, 2.75) is 19.5 Å². The van der Waals surface area contributed by atoms with Gasteiger partial charge < -0.3 is 9.88 Å². The van der Waals surface area contributed by atoms with Gasteiger partial charge in [-0.2, -0.15) is 0 Å². The lowest BCUT2D eigenvalue weighted by atomic mass is 10.1. The molecule has 0 aliphatic rings. The molecule has 0 bridgehead atoms. The number of hydrogen-bond donors (Lipinski definition) is 1. The summed E-state index contributed by atoms with van der Waals surface area (Å²) in [6, 6.07) is 13.2. The van der Waals surface area contributed by atoms with Crippen LogP contribution in [-0.2, 0) is 6.54 Å². The molecule has 108 valence electrons. The Labute approximate surface area is 129 Å². The number of rotatable bonds is 5. The number of imidazole rings is 1. The number of aryl methyl sites for hydroxylation is 1. The highest BCUT2D eigenvalue weighted by Gasteiger charge is 2.13. The van der Waals surface area contributed by atoms with E-state index in [4.69, 9.17) is 0 Å². The van der Waals surface area contributed by atoms with Gasteiger partial charge in [0.05, 0.1) is 4.88 Å². The fourth-order valence-electron chi connectivity index (χ4n) is 2.45. The second-order valence-corrected chi connectivity index (χ2v) is 6.08. The van der Waals surface area contributed by atoms with Crippen LogP contribution in [0.4, 0.5) is 0 Å². The van der Waals surface area contributed by atoms with Gasteiger partial charge in [0.15, 0.2) is 0 Å². The molecule has 0 spiro atoms. The largest absolute Gasteiger partial charge is 0.328 e. The molecule has 0 fully saturated rings. The zero-order chi connectivity index (χ0) is 14.7. The summed E-state index contributed by atoms with van der Waals surface area (Å²) in [7, 11) is 2.01. The maximum atomic E-state index is 4.50. The number of nitrogens with one attached hydrogen (secondary N) is 1. The minimum atomic E-state index is 0.276. The maximum absolute atomic E-state index is 4.50. The van der Waals surface area contributed by atoms with Crippen molar-refractivity contribution in [3.63, 3.8) is 0 Å². The van der Waals surface area contributed by atoms with E-state index >= 15 is 0 Å². The van der Waals surface area contributed by atoms with Crippen LogP contribution in [0.5, 0.6) is 0 Å². The zero-order valence-corrected chi connectivity index (χ0v) is 13.1. The summed E-state index contributed by atoms with van der Waals surface area (Å²) < 4.78 is 2.22. The number of hydrogen-bond acceptors (Lipinski definition) is 3. The van der Waals surface area contributed by atoms with Gasteiger partial charge in [-0.15, -0.1) is 11.3 Å². The molecule has 0 amide bonds. The first-order valence-electron chi connectivity index (χ1n) is 7.07. The van der Waals surface area contributed by atoms with Crippen molar-refractivity contribution in [2.24, 2.45) is 0 Å². The van der Waals surface area contributed by atoms with Crippen molar-refractivity contribution in [3.8, 4) is 10.7 Å². The van der Waals surface area contributed by atoms with Gasteiger partial charge in [-0.05, 0) is 31.0 Å². The molecule has 0 saturated heterocycles. The molecule has 0 radical (unpaired) electrons. The number of benzene rings is 1. The highest BCUT2D eigenvalue weighted by molar-refractivity contribution is 7.13. The molecule has 0 saturated carbocycles. The second kappa shape index (κ2) is 6.24. The summed E-state index contributed by atoms with van der Waals surface area (Å²) in [4.78, 5) is 5.71. The van der Waals surface area contributed by atoms with E-state index < -0.39 is 0 Å². The first-order chi connectivity index (χ1) is 10.3. The van der Waals surface area contributed by atoms with Crippen LogP contribution in [0.2, 0.25) is 0 Å². The third-order valence-electron chi connectivity index (χ3n) is 3.66. The van der Waals surface area contributed by atoms with E-state index in [1.54, 1.807) is 11.3 Å².